The van der Waals surface area contributed by atoms with Crippen molar-refractivity contribution in [1.82, 2.24) is 0 Å². The summed E-state index contributed by atoms with van der Waals surface area (Å²) in [4.78, 5) is 24.9. The molecular weight excluding hydrogens is 252 g/mol. The monoisotopic (exact) mass is 274 g/mol. The van der Waals surface area contributed by atoms with Gasteiger partial charge in [-0.15, -0.1) is 0 Å². The minimum absolute atomic E-state index is 0.0488. The summed E-state index contributed by atoms with van der Waals surface area (Å²) in [6.45, 7) is 9.47. The molecule has 1 unspecified atom stereocenters. The zero-order valence-corrected chi connectivity index (χ0v) is 12.8. The second-order valence-corrected chi connectivity index (χ2v) is 6.61. The zero-order valence-electron chi connectivity index (χ0n) is 12.8. The fraction of sp³-hybridized carbons (Fsp3) is 0.529. The van der Waals surface area contributed by atoms with Crippen molar-refractivity contribution in [3.63, 3.8) is 0 Å². The Hall–Kier alpha value is -1.64. The maximum Gasteiger partial charge on any atom is 0.317 e. The molecular formula is C17H22O3. The number of fused-ring (bicyclic) bond motifs is 1. The number of rotatable bonds is 1. The van der Waals surface area contributed by atoms with Gasteiger partial charge in [0.15, 0.2) is 5.78 Å². The van der Waals surface area contributed by atoms with Crippen molar-refractivity contribution >= 4 is 11.8 Å². The Morgan fingerprint density at radius 3 is 2.35 bits per heavy atom. The third kappa shape index (κ3) is 2.62. The Bertz CT molecular complexity index is 539. The first-order valence-corrected chi connectivity index (χ1v) is 7.08. The number of carbonyl (C=O) groups is 2. The molecule has 0 radical (unpaired) electrons. The van der Waals surface area contributed by atoms with Gasteiger partial charge < -0.3 is 4.74 Å². The average molecular weight is 274 g/mol. The van der Waals surface area contributed by atoms with E-state index in [1.54, 1.807) is 6.07 Å². The van der Waals surface area contributed by atoms with Crippen molar-refractivity contribution in [1.29, 1.82) is 0 Å². The third-order valence-corrected chi connectivity index (χ3v) is 3.97. The van der Waals surface area contributed by atoms with E-state index in [0.29, 0.717) is 5.56 Å². The summed E-state index contributed by atoms with van der Waals surface area (Å²) in [6, 6.07) is 7.55. The Labute approximate surface area is 120 Å². The highest BCUT2D eigenvalue weighted by molar-refractivity contribution is 6.10. The molecule has 2 rings (SSSR count). The van der Waals surface area contributed by atoms with E-state index in [1.807, 2.05) is 45.9 Å². The third-order valence-electron chi connectivity index (χ3n) is 3.97. The highest BCUT2D eigenvalue weighted by Crippen LogP contribution is 2.40. The summed E-state index contributed by atoms with van der Waals surface area (Å²) >= 11 is 0. The van der Waals surface area contributed by atoms with E-state index in [9.17, 15) is 9.59 Å². The number of ether oxygens (including phenoxy) is 1. The van der Waals surface area contributed by atoms with Crippen LogP contribution in [0.25, 0.3) is 0 Å². The standard InChI is InChI=1S/C17H22O3/c1-10-11(2)14(16(19)20-17(3,4)5)15(18)13-9-7-6-8-12(10)13/h6-11,14H,1-5H3/t10-,11-,14?/m1/s1. The fourth-order valence-electron chi connectivity index (χ4n) is 2.78. The lowest BCUT2D eigenvalue weighted by molar-refractivity contribution is -0.160. The SMILES string of the molecule is C[C@H]1c2ccccc2C(=O)C(C(=O)OC(C)(C)C)[C@@H]1C. The Morgan fingerprint density at radius 1 is 1.15 bits per heavy atom. The van der Waals surface area contributed by atoms with Crippen molar-refractivity contribution in [3.05, 3.63) is 35.4 Å². The number of benzene rings is 1. The molecule has 1 aromatic carbocycles. The summed E-state index contributed by atoms with van der Waals surface area (Å²) in [7, 11) is 0. The number of ketones is 1. The largest absolute Gasteiger partial charge is 0.459 e. The molecule has 3 atom stereocenters. The highest BCUT2D eigenvalue weighted by atomic mass is 16.6. The van der Waals surface area contributed by atoms with E-state index < -0.39 is 17.5 Å². The van der Waals surface area contributed by atoms with Crippen LogP contribution in [0.5, 0.6) is 0 Å². The lowest BCUT2D eigenvalue weighted by atomic mass is 9.70. The van der Waals surface area contributed by atoms with Crippen LogP contribution in [0.3, 0.4) is 0 Å². The molecule has 0 saturated heterocycles. The van der Waals surface area contributed by atoms with Crippen LogP contribution in [0.2, 0.25) is 0 Å². The molecule has 20 heavy (non-hydrogen) atoms. The van der Waals surface area contributed by atoms with Gasteiger partial charge in [0.2, 0.25) is 0 Å². The maximum atomic E-state index is 12.6. The molecule has 0 saturated carbocycles. The van der Waals surface area contributed by atoms with Crippen LogP contribution >= 0.6 is 0 Å². The molecule has 0 bridgehead atoms. The van der Waals surface area contributed by atoms with Crippen LogP contribution in [-0.2, 0) is 9.53 Å². The number of hydrogen-bond acceptors (Lipinski definition) is 3. The van der Waals surface area contributed by atoms with Gasteiger partial charge in [-0.05, 0) is 38.2 Å². The quantitative estimate of drug-likeness (QED) is 0.580. The van der Waals surface area contributed by atoms with Gasteiger partial charge >= 0.3 is 5.97 Å². The highest BCUT2D eigenvalue weighted by Gasteiger charge is 2.43. The van der Waals surface area contributed by atoms with E-state index in [4.69, 9.17) is 4.74 Å². The molecule has 0 fully saturated rings. The van der Waals surface area contributed by atoms with Crippen LogP contribution in [0.1, 0.15) is 56.5 Å². The predicted molar refractivity (Wildman–Crippen MR) is 77.7 cm³/mol. The van der Waals surface area contributed by atoms with Crippen LogP contribution in [0, 0.1) is 11.8 Å². The van der Waals surface area contributed by atoms with Gasteiger partial charge in [0.1, 0.15) is 11.5 Å². The molecule has 0 heterocycles. The van der Waals surface area contributed by atoms with Crippen LogP contribution in [0.15, 0.2) is 24.3 Å². The lowest BCUT2D eigenvalue weighted by Gasteiger charge is -2.34. The molecule has 0 aromatic heterocycles. The fourth-order valence-corrected chi connectivity index (χ4v) is 2.78. The van der Waals surface area contributed by atoms with Gasteiger partial charge in [0.25, 0.3) is 0 Å². The van der Waals surface area contributed by atoms with Gasteiger partial charge in [-0.1, -0.05) is 38.1 Å². The van der Waals surface area contributed by atoms with Crippen molar-refractivity contribution in [2.24, 2.45) is 11.8 Å². The average Bonchev–Trinajstić information content (AvgIpc) is 2.34. The first-order valence-electron chi connectivity index (χ1n) is 7.08. The van der Waals surface area contributed by atoms with Gasteiger partial charge in [-0.2, -0.15) is 0 Å². The number of esters is 1. The van der Waals surface area contributed by atoms with Gasteiger partial charge in [-0.3, -0.25) is 9.59 Å². The van der Waals surface area contributed by atoms with E-state index in [-0.39, 0.29) is 17.6 Å². The minimum atomic E-state index is -0.695. The molecule has 0 amide bonds. The zero-order chi connectivity index (χ0) is 15.1. The molecule has 3 nitrogen and oxygen atoms in total. The summed E-state index contributed by atoms with van der Waals surface area (Å²) in [6.07, 6.45) is 0. The summed E-state index contributed by atoms with van der Waals surface area (Å²) in [5, 5.41) is 0. The van der Waals surface area contributed by atoms with E-state index in [2.05, 4.69) is 6.92 Å². The van der Waals surface area contributed by atoms with Crippen molar-refractivity contribution in [2.75, 3.05) is 0 Å². The number of carbonyl (C=O) groups excluding carboxylic acids is 2. The Kier molecular flexibility index (Phi) is 3.72. The van der Waals surface area contributed by atoms with E-state index in [1.165, 1.54) is 0 Å². The Balaban J connectivity index is 2.37. The van der Waals surface area contributed by atoms with Crippen molar-refractivity contribution < 1.29 is 14.3 Å². The van der Waals surface area contributed by atoms with Gasteiger partial charge in [0, 0.05) is 5.56 Å². The van der Waals surface area contributed by atoms with Crippen molar-refractivity contribution in [2.45, 2.75) is 46.1 Å². The van der Waals surface area contributed by atoms with Gasteiger partial charge in [0.05, 0.1) is 0 Å². The van der Waals surface area contributed by atoms with Crippen LogP contribution in [-0.4, -0.2) is 17.4 Å². The van der Waals surface area contributed by atoms with E-state index in [0.717, 1.165) is 5.56 Å². The smallest absolute Gasteiger partial charge is 0.317 e. The normalized spacial score (nSPS) is 26.1. The topological polar surface area (TPSA) is 43.4 Å². The van der Waals surface area contributed by atoms with Gasteiger partial charge in [-0.25, -0.2) is 0 Å². The molecule has 1 aliphatic carbocycles. The maximum absolute atomic E-state index is 12.6. The first kappa shape index (κ1) is 14.8. The predicted octanol–water partition coefficient (Wildman–Crippen LogP) is 3.58. The lowest BCUT2D eigenvalue weighted by Crippen LogP contribution is -2.41. The molecule has 1 aliphatic rings. The van der Waals surface area contributed by atoms with Crippen LogP contribution < -0.4 is 0 Å². The molecule has 0 spiro atoms. The van der Waals surface area contributed by atoms with Crippen LogP contribution in [0.4, 0.5) is 0 Å². The molecule has 0 N–H and O–H groups in total. The molecule has 3 heteroatoms. The molecule has 0 aliphatic heterocycles. The second kappa shape index (κ2) is 5.04. The summed E-state index contributed by atoms with van der Waals surface area (Å²) < 4.78 is 5.42. The number of hydrogen-bond donors (Lipinski definition) is 0. The Morgan fingerprint density at radius 2 is 1.75 bits per heavy atom. The summed E-state index contributed by atoms with van der Waals surface area (Å²) in [5.41, 5.74) is 1.12. The molecule has 108 valence electrons. The number of Topliss-reactive ketones (excluding diaryl/α,β-unsaturated/α-hetero) is 1. The minimum Gasteiger partial charge on any atom is -0.459 e. The summed E-state index contributed by atoms with van der Waals surface area (Å²) in [5.74, 6) is -1.09. The van der Waals surface area contributed by atoms with E-state index >= 15 is 0 Å². The molecule has 1 aromatic rings. The van der Waals surface area contributed by atoms with Crippen molar-refractivity contribution in [3.8, 4) is 0 Å². The first-order chi connectivity index (χ1) is 9.22. The second-order valence-electron chi connectivity index (χ2n) is 6.61.